The van der Waals surface area contributed by atoms with Gasteiger partial charge >= 0.3 is 5.97 Å². The van der Waals surface area contributed by atoms with Crippen LogP contribution in [0.1, 0.15) is 17.7 Å². The van der Waals surface area contributed by atoms with E-state index in [9.17, 15) is 4.79 Å². The fraction of sp³-hybridized carbons (Fsp3) is 0.150. The molecule has 1 N–H and O–H groups in total. The molecular weight excluding hydrogens is 322 g/mol. The summed E-state index contributed by atoms with van der Waals surface area (Å²) in [7, 11) is 0. The van der Waals surface area contributed by atoms with Gasteiger partial charge in [-0.25, -0.2) is 0 Å². The van der Waals surface area contributed by atoms with Crippen LogP contribution in [0.15, 0.2) is 60.7 Å². The van der Waals surface area contributed by atoms with Gasteiger partial charge < -0.3 is 9.67 Å². The third-order valence-electron chi connectivity index (χ3n) is 4.04. The first-order valence-corrected chi connectivity index (χ1v) is 8.18. The van der Waals surface area contributed by atoms with E-state index >= 15 is 0 Å². The van der Waals surface area contributed by atoms with Crippen LogP contribution in [0.25, 0.3) is 16.9 Å². The van der Waals surface area contributed by atoms with Crippen molar-refractivity contribution in [2.45, 2.75) is 19.8 Å². The van der Waals surface area contributed by atoms with Gasteiger partial charge in [-0.15, -0.1) is 0 Å². The standard InChI is InChI=1S/C20H18ClNO2/c1-14-7-8-17(13-18(14)21)22-16(10-12-20(23)24)9-11-19(22)15-5-3-2-4-6-15/h2-9,11,13H,10,12H2,1H3,(H,23,24). The molecule has 3 aromatic rings. The number of rotatable bonds is 5. The molecule has 1 aromatic heterocycles. The lowest BCUT2D eigenvalue weighted by Crippen LogP contribution is -2.05. The maximum absolute atomic E-state index is 11.0. The second-order valence-corrected chi connectivity index (χ2v) is 6.15. The van der Waals surface area contributed by atoms with Crippen molar-refractivity contribution in [3.05, 3.63) is 76.9 Å². The Balaban J connectivity index is 2.13. The summed E-state index contributed by atoms with van der Waals surface area (Å²) in [5.74, 6) is -0.800. The number of carboxylic acids is 1. The van der Waals surface area contributed by atoms with E-state index in [4.69, 9.17) is 16.7 Å². The lowest BCUT2D eigenvalue weighted by atomic mass is 10.1. The van der Waals surface area contributed by atoms with Gasteiger partial charge in [-0.2, -0.15) is 0 Å². The topological polar surface area (TPSA) is 42.2 Å². The van der Waals surface area contributed by atoms with Gasteiger partial charge in [-0.1, -0.05) is 48.0 Å². The Labute approximate surface area is 146 Å². The molecule has 0 bridgehead atoms. The van der Waals surface area contributed by atoms with Gasteiger partial charge in [0.25, 0.3) is 0 Å². The summed E-state index contributed by atoms with van der Waals surface area (Å²) in [4.78, 5) is 11.0. The van der Waals surface area contributed by atoms with E-state index in [2.05, 4.69) is 4.57 Å². The van der Waals surface area contributed by atoms with Crippen molar-refractivity contribution in [1.29, 1.82) is 0 Å². The lowest BCUT2D eigenvalue weighted by molar-refractivity contribution is -0.136. The smallest absolute Gasteiger partial charge is 0.303 e. The van der Waals surface area contributed by atoms with Gasteiger partial charge in [-0.05, 0) is 48.7 Å². The molecule has 0 saturated heterocycles. The molecule has 122 valence electrons. The van der Waals surface area contributed by atoms with Gasteiger partial charge in [0.2, 0.25) is 0 Å². The monoisotopic (exact) mass is 339 g/mol. The number of aliphatic carboxylic acids is 1. The zero-order valence-corrected chi connectivity index (χ0v) is 14.1. The number of benzene rings is 2. The van der Waals surface area contributed by atoms with Crippen molar-refractivity contribution in [2.24, 2.45) is 0 Å². The summed E-state index contributed by atoms with van der Waals surface area (Å²) in [5.41, 5.74) is 5.01. The Morgan fingerprint density at radius 2 is 1.83 bits per heavy atom. The third-order valence-corrected chi connectivity index (χ3v) is 4.45. The van der Waals surface area contributed by atoms with Crippen LogP contribution in [0.2, 0.25) is 5.02 Å². The number of carbonyl (C=O) groups is 1. The fourth-order valence-electron chi connectivity index (χ4n) is 2.77. The molecular formula is C20H18ClNO2. The van der Waals surface area contributed by atoms with Crippen LogP contribution in [0.5, 0.6) is 0 Å². The van der Waals surface area contributed by atoms with E-state index in [0.29, 0.717) is 11.4 Å². The van der Waals surface area contributed by atoms with Crippen molar-refractivity contribution in [1.82, 2.24) is 4.57 Å². The molecule has 3 rings (SSSR count). The number of hydrogen-bond acceptors (Lipinski definition) is 1. The Bertz CT molecular complexity index is 869. The SMILES string of the molecule is Cc1ccc(-n2c(CCC(=O)O)ccc2-c2ccccc2)cc1Cl. The first-order chi connectivity index (χ1) is 11.6. The van der Waals surface area contributed by atoms with Gasteiger partial charge in [-0.3, -0.25) is 4.79 Å². The minimum atomic E-state index is -0.800. The fourth-order valence-corrected chi connectivity index (χ4v) is 2.94. The van der Waals surface area contributed by atoms with Crippen molar-refractivity contribution in [3.8, 4) is 16.9 Å². The molecule has 4 heteroatoms. The summed E-state index contributed by atoms with van der Waals surface area (Å²) in [5, 5.41) is 9.71. The highest BCUT2D eigenvalue weighted by Crippen LogP contribution is 2.29. The van der Waals surface area contributed by atoms with Gasteiger partial charge in [0, 0.05) is 16.4 Å². The molecule has 0 atom stereocenters. The number of hydrogen-bond donors (Lipinski definition) is 1. The molecule has 0 aliphatic carbocycles. The maximum Gasteiger partial charge on any atom is 0.303 e. The minimum Gasteiger partial charge on any atom is -0.481 e. The normalized spacial score (nSPS) is 10.8. The van der Waals surface area contributed by atoms with Crippen molar-refractivity contribution in [3.63, 3.8) is 0 Å². The van der Waals surface area contributed by atoms with E-state index in [-0.39, 0.29) is 6.42 Å². The molecule has 1 heterocycles. The summed E-state index contributed by atoms with van der Waals surface area (Å²) in [6.45, 7) is 1.96. The molecule has 0 aliphatic rings. The molecule has 0 unspecified atom stereocenters. The number of carboxylic acid groups (broad SMARTS) is 1. The molecule has 0 spiro atoms. The van der Waals surface area contributed by atoms with Gasteiger partial charge in [0.15, 0.2) is 0 Å². The van der Waals surface area contributed by atoms with E-state index in [1.165, 1.54) is 0 Å². The minimum absolute atomic E-state index is 0.0951. The Morgan fingerprint density at radius 1 is 1.08 bits per heavy atom. The molecule has 24 heavy (non-hydrogen) atoms. The highest BCUT2D eigenvalue weighted by molar-refractivity contribution is 6.31. The summed E-state index contributed by atoms with van der Waals surface area (Å²) >= 11 is 6.30. The highest BCUT2D eigenvalue weighted by atomic mass is 35.5. The van der Waals surface area contributed by atoms with E-state index in [1.807, 2.05) is 67.6 Å². The largest absolute Gasteiger partial charge is 0.481 e. The van der Waals surface area contributed by atoms with Crippen LogP contribution in [-0.4, -0.2) is 15.6 Å². The highest BCUT2D eigenvalue weighted by Gasteiger charge is 2.13. The number of aromatic nitrogens is 1. The predicted molar refractivity (Wildman–Crippen MR) is 96.9 cm³/mol. The molecule has 0 aliphatic heterocycles. The van der Waals surface area contributed by atoms with Crippen molar-refractivity contribution in [2.75, 3.05) is 0 Å². The summed E-state index contributed by atoms with van der Waals surface area (Å²) in [6.07, 6.45) is 0.561. The zero-order chi connectivity index (χ0) is 17.1. The lowest BCUT2D eigenvalue weighted by Gasteiger charge is -2.15. The number of nitrogens with zero attached hydrogens (tertiary/aromatic N) is 1. The maximum atomic E-state index is 11.0. The van der Waals surface area contributed by atoms with Crippen LogP contribution >= 0.6 is 11.6 Å². The van der Waals surface area contributed by atoms with Gasteiger partial charge in [0.1, 0.15) is 0 Å². The van der Waals surface area contributed by atoms with E-state index < -0.39 is 5.97 Å². The quantitative estimate of drug-likeness (QED) is 0.700. The van der Waals surface area contributed by atoms with Crippen molar-refractivity contribution < 1.29 is 9.90 Å². The zero-order valence-electron chi connectivity index (χ0n) is 13.4. The Hall–Kier alpha value is -2.52. The molecule has 0 amide bonds. The third kappa shape index (κ3) is 3.36. The van der Waals surface area contributed by atoms with Crippen LogP contribution in [0, 0.1) is 6.92 Å². The van der Waals surface area contributed by atoms with Crippen LogP contribution < -0.4 is 0 Å². The van der Waals surface area contributed by atoms with E-state index in [0.717, 1.165) is 28.2 Å². The van der Waals surface area contributed by atoms with Crippen LogP contribution in [-0.2, 0) is 11.2 Å². The Morgan fingerprint density at radius 3 is 2.50 bits per heavy atom. The molecule has 3 nitrogen and oxygen atoms in total. The molecule has 0 saturated carbocycles. The summed E-state index contributed by atoms with van der Waals surface area (Å²) in [6, 6.07) is 20.0. The second kappa shape index (κ2) is 6.93. The van der Waals surface area contributed by atoms with E-state index in [1.54, 1.807) is 0 Å². The molecule has 0 radical (unpaired) electrons. The van der Waals surface area contributed by atoms with Crippen LogP contribution in [0.4, 0.5) is 0 Å². The number of halogens is 1. The average Bonchev–Trinajstić information content (AvgIpc) is 3.00. The number of aryl methyl sites for hydroxylation is 2. The average molecular weight is 340 g/mol. The van der Waals surface area contributed by atoms with Crippen LogP contribution in [0.3, 0.4) is 0 Å². The second-order valence-electron chi connectivity index (χ2n) is 5.74. The predicted octanol–water partition coefficient (Wildman–Crippen LogP) is 5.12. The van der Waals surface area contributed by atoms with Gasteiger partial charge in [0.05, 0.1) is 12.1 Å². The molecule has 2 aromatic carbocycles. The first-order valence-electron chi connectivity index (χ1n) is 7.80. The van der Waals surface area contributed by atoms with Crippen molar-refractivity contribution >= 4 is 17.6 Å². The Kier molecular flexibility index (Phi) is 4.72. The molecule has 0 fully saturated rings. The first kappa shape index (κ1) is 16.3. The summed E-state index contributed by atoms with van der Waals surface area (Å²) < 4.78 is 2.09.